The minimum absolute atomic E-state index is 0.0540. The number of unbranched alkanes of at least 4 members (excludes halogenated alkanes) is 2. The third kappa shape index (κ3) is 2.22. The molecule has 1 aliphatic rings. The van der Waals surface area contributed by atoms with Crippen LogP contribution in [0.3, 0.4) is 0 Å². The van der Waals surface area contributed by atoms with Crippen molar-refractivity contribution in [3.05, 3.63) is 0 Å². The first kappa shape index (κ1) is 13.8. The van der Waals surface area contributed by atoms with Crippen LogP contribution in [0.25, 0.3) is 0 Å². The highest BCUT2D eigenvalue weighted by Crippen LogP contribution is 2.50. The summed E-state index contributed by atoms with van der Waals surface area (Å²) in [4.78, 5) is 12.1. The van der Waals surface area contributed by atoms with Gasteiger partial charge in [-0.05, 0) is 19.3 Å². The van der Waals surface area contributed by atoms with Gasteiger partial charge in [0.15, 0.2) is 11.2 Å². The maximum atomic E-state index is 12.1. The predicted molar refractivity (Wildman–Crippen MR) is 67.9 cm³/mol. The third-order valence-corrected chi connectivity index (χ3v) is 3.76. The van der Waals surface area contributed by atoms with Gasteiger partial charge in [-0.25, -0.2) is 0 Å². The second-order valence-electron chi connectivity index (χ2n) is 4.72. The van der Waals surface area contributed by atoms with Crippen LogP contribution < -0.4 is 0 Å². The van der Waals surface area contributed by atoms with E-state index in [-0.39, 0.29) is 17.6 Å². The van der Waals surface area contributed by atoms with E-state index in [1.165, 1.54) is 0 Å². The topological polar surface area (TPSA) is 40.9 Å². The standard InChI is InChI=1S/C15H21NO/c1-4-7-8-9-10-15(11-16)13(6-3)12(5-2)14(15)17/h12-13H,4-8H2,1-3H3/t12-,13-,15?/m0/s1. The van der Waals surface area contributed by atoms with Gasteiger partial charge in [-0.2, -0.15) is 5.26 Å². The fourth-order valence-electron chi connectivity index (χ4n) is 2.71. The van der Waals surface area contributed by atoms with Gasteiger partial charge in [0.25, 0.3) is 0 Å². The number of Topliss-reactive ketones (excluding diaryl/α,β-unsaturated/α-hetero) is 1. The molecule has 1 fully saturated rings. The molecule has 0 amide bonds. The van der Waals surface area contributed by atoms with E-state index in [9.17, 15) is 10.1 Å². The lowest BCUT2D eigenvalue weighted by Crippen LogP contribution is -2.55. The molecule has 1 saturated carbocycles. The third-order valence-electron chi connectivity index (χ3n) is 3.76. The maximum absolute atomic E-state index is 12.1. The number of carbonyl (C=O) groups is 1. The van der Waals surface area contributed by atoms with Gasteiger partial charge in [0, 0.05) is 18.3 Å². The predicted octanol–water partition coefficient (Wildman–Crippen LogP) is 3.33. The van der Waals surface area contributed by atoms with Crippen molar-refractivity contribution in [2.45, 2.75) is 52.9 Å². The van der Waals surface area contributed by atoms with Crippen LogP contribution in [0, 0.1) is 40.4 Å². The van der Waals surface area contributed by atoms with Crippen LogP contribution in [-0.2, 0) is 4.79 Å². The Morgan fingerprint density at radius 2 is 2.00 bits per heavy atom. The normalized spacial score (nSPS) is 31.1. The summed E-state index contributed by atoms with van der Waals surface area (Å²) in [6.45, 7) is 6.16. The smallest absolute Gasteiger partial charge is 0.179 e. The Hall–Kier alpha value is -1.28. The van der Waals surface area contributed by atoms with E-state index in [0.717, 1.165) is 32.1 Å². The Balaban J connectivity index is 2.85. The van der Waals surface area contributed by atoms with Crippen molar-refractivity contribution in [1.82, 2.24) is 0 Å². The number of nitriles is 1. The van der Waals surface area contributed by atoms with Gasteiger partial charge in [0.05, 0.1) is 6.07 Å². The van der Waals surface area contributed by atoms with Crippen LogP contribution >= 0.6 is 0 Å². The van der Waals surface area contributed by atoms with E-state index >= 15 is 0 Å². The number of nitrogens with zero attached hydrogens (tertiary/aromatic N) is 1. The summed E-state index contributed by atoms with van der Waals surface area (Å²) in [5, 5.41) is 9.30. The molecule has 0 saturated heterocycles. The Bertz CT molecular complexity index is 382. The lowest BCUT2D eigenvalue weighted by Gasteiger charge is -2.45. The zero-order chi connectivity index (χ0) is 12.9. The van der Waals surface area contributed by atoms with E-state index in [1.807, 2.05) is 13.8 Å². The lowest BCUT2D eigenvalue weighted by molar-refractivity contribution is -0.145. The molecule has 0 aromatic heterocycles. The molecule has 2 heteroatoms. The SMILES string of the molecule is CCCCC#CC1(C#N)C(=O)[C@@H](CC)[C@@H]1CC. The van der Waals surface area contributed by atoms with Crippen molar-refractivity contribution in [2.24, 2.45) is 17.3 Å². The van der Waals surface area contributed by atoms with E-state index in [0.29, 0.717) is 0 Å². The molecular weight excluding hydrogens is 210 g/mol. The van der Waals surface area contributed by atoms with Crippen LogP contribution in [0.1, 0.15) is 52.9 Å². The molecule has 0 N–H and O–H groups in total. The minimum Gasteiger partial charge on any atom is -0.296 e. The average Bonchev–Trinajstić information content (AvgIpc) is 2.35. The summed E-state index contributed by atoms with van der Waals surface area (Å²) in [6, 6.07) is 2.18. The Kier molecular flexibility index (Phi) is 4.76. The molecule has 0 radical (unpaired) electrons. The van der Waals surface area contributed by atoms with Crippen LogP contribution in [-0.4, -0.2) is 5.78 Å². The molecule has 3 atom stereocenters. The van der Waals surface area contributed by atoms with Crippen molar-refractivity contribution < 1.29 is 4.79 Å². The van der Waals surface area contributed by atoms with Gasteiger partial charge in [-0.15, -0.1) is 5.92 Å². The highest BCUT2D eigenvalue weighted by Gasteiger charge is 2.60. The van der Waals surface area contributed by atoms with Gasteiger partial charge in [-0.1, -0.05) is 33.1 Å². The first-order chi connectivity index (χ1) is 8.17. The van der Waals surface area contributed by atoms with Crippen LogP contribution in [0.15, 0.2) is 0 Å². The summed E-state index contributed by atoms with van der Waals surface area (Å²) in [5.41, 5.74) is -0.983. The molecule has 0 heterocycles. The molecule has 92 valence electrons. The van der Waals surface area contributed by atoms with Gasteiger partial charge in [0.1, 0.15) is 0 Å². The molecule has 0 spiro atoms. The molecule has 0 aliphatic heterocycles. The zero-order valence-electron chi connectivity index (χ0n) is 11.0. The second kappa shape index (κ2) is 5.87. The maximum Gasteiger partial charge on any atom is 0.179 e. The van der Waals surface area contributed by atoms with Gasteiger partial charge >= 0.3 is 0 Å². The molecule has 0 aromatic rings. The molecule has 2 nitrogen and oxygen atoms in total. The molecular formula is C15H21NO. The fraction of sp³-hybridized carbons (Fsp3) is 0.733. The first-order valence-electron chi connectivity index (χ1n) is 6.63. The molecule has 1 rings (SSSR count). The van der Waals surface area contributed by atoms with E-state index in [1.54, 1.807) is 0 Å². The molecule has 0 aromatic carbocycles. The van der Waals surface area contributed by atoms with E-state index < -0.39 is 5.41 Å². The molecule has 1 unspecified atom stereocenters. The summed E-state index contributed by atoms with van der Waals surface area (Å²) >= 11 is 0. The number of carbonyl (C=O) groups excluding carboxylic acids is 1. The van der Waals surface area contributed by atoms with E-state index in [4.69, 9.17) is 0 Å². The van der Waals surface area contributed by atoms with Gasteiger partial charge in [0.2, 0.25) is 0 Å². The summed E-state index contributed by atoms with van der Waals surface area (Å²) < 4.78 is 0. The molecule has 17 heavy (non-hydrogen) atoms. The number of ketones is 1. The summed E-state index contributed by atoms with van der Waals surface area (Å²) in [5.74, 6) is 6.25. The lowest BCUT2D eigenvalue weighted by atomic mass is 9.52. The molecule has 1 aliphatic carbocycles. The minimum atomic E-state index is -0.983. The average molecular weight is 231 g/mol. The highest BCUT2D eigenvalue weighted by atomic mass is 16.1. The van der Waals surface area contributed by atoms with Crippen molar-refractivity contribution in [2.75, 3.05) is 0 Å². The number of rotatable bonds is 4. The largest absolute Gasteiger partial charge is 0.296 e. The van der Waals surface area contributed by atoms with Crippen molar-refractivity contribution in [3.63, 3.8) is 0 Å². The van der Waals surface area contributed by atoms with E-state index in [2.05, 4.69) is 24.8 Å². The Labute approximate surface area is 104 Å². The number of hydrogen-bond acceptors (Lipinski definition) is 2. The molecule has 0 bridgehead atoms. The van der Waals surface area contributed by atoms with Crippen molar-refractivity contribution >= 4 is 5.78 Å². The Morgan fingerprint density at radius 3 is 2.47 bits per heavy atom. The first-order valence-corrected chi connectivity index (χ1v) is 6.63. The highest BCUT2D eigenvalue weighted by molar-refractivity contribution is 5.99. The zero-order valence-corrected chi connectivity index (χ0v) is 11.0. The van der Waals surface area contributed by atoms with Crippen LogP contribution in [0.2, 0.25) is 0 Å². The summed E-state index contributed by atoms with van der Waals surface area (Å²) in [6.07, 6.45) is 4.62. The fourth-order valence-corrected chi connectivity index (χ4v) is 2.71. The monoisotopic (exact) mass is 231 g/mol. The van der Waals surface area contributed by atoms with Crippen LogP contribution in [0.4, 0.5) is 0 Å². The quantitative estimate of drug-likeness (QED) is 0.550. The van der Waals surface area contributed by atoms with Gasteiger partial charge in [-0.3, -0.25) is 4.79 Å². The Morgan fingerprint density at radius 1 is 1.29 bits per heavy atom. The van der Waals surface area contributed by atoms with Gasteiger partial charge < -0.3 is 0 Å². The number of hydrogen-bond donors (Lipinski definition) is 0. The van der Waals surface area contributed by atoms with Crippen LogP contribution in [0.5, 0.6) is 0 Å². The van der Waals surface area contributed by atoms with Crippen molar-refractivity contribution in [1.29, 1.82) is 5.26 Å². The second-order valence-corrected chi connectivity index (χ2v) is 4.72. The van der Waals surface area contributed by atoms with Crippen molar-refractivity contribution in [3.8, 4) is 17.9 Å². The summed E-state index contributed by atoms with van der Waals surface area (Å²) in [7, 11) is 0.